The van der Waals surface area contributed by atoms with Gasteiger partial charge in [-0.3, -0.25) is 9.36 Å². The van der Waals surface area contributed by atoms with Crippen LogP contribution in [0.25, 0.3) is 11.0 Å². The van der Waals surface area contributed by atoms with E-state index in [4.69, 9.17) is 11.4 Å². The van der Waals surface area contributed by atoms with Crippen LogP contribution in [0.15, 0.2) is 41.3 Å². The fourth-order valence-corrected chi connectivity index (χ4v) is 4.73. The van der Waals surface area contributed by atoms with Crippen LogP contribution >= 0.6 is 0 Å². The summed E-state index contributed by atoms with van der Waals surface area (Å²) in [5.41, 5.74) is 3.11. The van der Waals surface area contributed by atoms with Gasteiger partial charge < -0.3 is 20.0 Å². The molecule has 2 aromatic heterocycles. The summed E-state index contributed by atoms with van der Waals surface area (Å²) in [6, 6.07) is 9.91. The smallest absolute Gasteiger partial charge is 0.253 e. The third-order valence-corrected chi connectivity index (χ3v) is 6.67. The molecule has 1 N–H and O–H groups in total. The fraction of sp³-hybridized carbons (Fsp3) is 0.400. The number of likely N-dealkylation sites (N-methyl/N-ethyl adjacent to an activating group) is 2. The van der Waals surface area contributed by atoms with Gasteiger partial charge in [-0.1, -0.05) is 5.92 Å². The molecule has 0 radical (unpaired) electrons. The maximum Gasteiger partial charge on any atom is 0.253 e. The molecule has 0 spiro atoms. The van der Waals surface area contributed by atoms with E-state index in [1.165, 1.54) is 11.8 Å². The maximum absolute atomic E-state index is 12.9. The Morgan fingerprint density at radius 3 is 2.48 bits per heavy atom. The molecule has 0 aliphatic carbocycles. The van der Waals surface area contributed by atoms with Crippen molar-refractivity contribution < 1.29 is 0 Å². The summed E-state index contributed by atoms with van der Waals surface area (Å²) in [4.78, 5) is 29.1. The van der Waals surface area contributed by atoms with E-state index in [-0.39, 0.29) is 11.6 Å². The quantitative estimate of drug-likeness (QED) is 0.620. The maximum atomic E-state index is 12.9. The minimum Gasteiger partial charge on any atom is -0.369 e. The molecule has 1 aromatic carbocycles. The zero-order valence-corrected chi connectivity index (χ0v) is 19.2. The van der Waals surface area contributed by atoms with Crippen LogP contribution in [0.1, 0.15) is 18.0 Å². The van der Waals surface area contributed by atoms with E-state index in [1.807, 2.05) is 12.1 Å². The Kier molecular flexibility index (Phi) is 5.75. The van der Waals surface area contributed by atoms with Gasteiger partial charge in [-0.25, -0.2) is 4.98 Å². The summed E-state index contributed by atoms with van der Waals surface area (Å²) in [7, 11) is 4.22. The molecule has 4 heterocycles. The Balaban J connectivity index is 1.44. The van der Waals surface area contributed by atoms with Crippen molar-refractivity contribution >= 4 is 28.4 Å². The number of rotatable bonds is 4. The van der Waals surface area contributed by atoms with Crippen LogP contribution in [0.4, 0.5) is 17.3 Å². The van der Waals surface area contributed by atoms with Crippen LogP contribution in [0, 0.1) is 12.3 Å². The van der Waals surface area contributed by atoms with Crippen molar-refractivity contribution in [2.45, 2.75) is 12.5 Å². The van der Waals surface area contributed by atoms with Crippen molar-refractivity contribution in [2.75, 3.05) is 63.6 Å². The molecule has 8 nitrogen and oxygen atoms in total. The standard InChI is InChI=1S/C25H29N7O/c1-4-18-15-23(33)32(21-9-10-30(3)17-21)24-22(18)16-26-25(28-24)27-19-5-7-20(8-6-19)31-13-11-29(2)12-14-31/h1,5-8,15-16,21H,9-14,17H2,2-3H3,(H,26,27,28). The number of nitrogens with zero attached hydrogens (tertiary/aromatic N) is 6. The molecule has 1 unspecified atom stereocenters. The van der Waals surface area contributed by atoms with E-state index in [0.29, 0.717) is 17.2 Å². The first kappa shape index (κ1) is 21.4. The number of likely N-dealkylation sites (tertiary alicyclic amines) is 1. The summed E-state index contributed by atoms with van der Waals surface area (Å²) >= 11 is 0. The Hall–Kier alpha value is -3.41. The van der Waals surface area contributed by atoms with Crippen LogP contribution in [0.5, 0.6) is 0 Å². The van der Waals surface area contributed by atoms with E-state index < -0.39 is 0 Å². The molecule has 2 aliphatic heterocycles. The molecule has 3 aromatic rings. The van der Waals surface area contributed by atoms with Gasteiger partial charge in [-0.05, 0) is 51.3 Å². The van der Waals surface area contributed by atoms with Gasteiger partial charge >= 0.3 is 0 Å². The number of pyridine rings is 1. The Bertz CT molecular complexity index is 1250. The number of anilines is 3. The average Bonchev–Trinajstić information content (AvgIpc) is 3.25. The molecular weight excluding hydrogens is 414 g/mol. The van der Waals surface area contributed by atoms with Gasteiger partial charge in [-0.15, -0.1) is 6.42 Å². The highest BCUT2D eigenvalue weighted by Gasteiger charge is 2.25. The molecule has 2 saturated heterocycles. The minimum atomic E-state index is -0.114. The van der Waals surface area contributed by atoms with Crippen molar-refractivity contribution in [2.24, 2.45) is 0 Å². The second-order valence-electron chi connectivity index (χ2n) is 9.01. The number of fused-ring (bicyclic) bond motifs is 1. The number of terminal acetylenes is 1. The summed E-state index contributed by atoms with van der Waals surface area (Å²) in [5, 5.41) is 4.02. The van der Waals surface area contributed by atoms with E-state index in [1.54, 1.807) is 10.8 Å². The fourth-order valence-electron chi connectivity index (χ4n) is 4.73. The van der Waals surface area contributed by atoms with Gasteiger partial charge in [0.25, 0.3) is 5.56 Å². The number of hydrogen-bond donors (Lipinski definition) is 1. The number of benzene rings is 1. The topological polar surface area (TPSA) is 69.5 Å². The van der Waals surface area contributed by atoms with Gasteiger partial charge in [0.2, 0.25) is 5.95 Å². The third-order valence-electron chi connectivity index (χ3n) is 6.67. The molecule has 0 saturated carbocycles. The van der Waals surface area contributed by atoms with Crippen LogP contribution in [-0.4, -0.2) is 77.7 Å². The molecule has 2 fully saturated rings. The van der Waals surface area contributed by atoms with Crippen LogP contribution in [0.2, 0.25) is 0 Å². The number of hydrogen-bond acceptors (Lipinski definition) is 7. The lowest BCUT2D eigenvalue weighted by molar-refractivity contribution is 0.313. The van der Waals surface area contributed by atoms with E-state index in [9.17, 15) is 4.79 Å². The van der Waals surface area contributed by atoms with Crippen molar-refractivity contribution in [3.8, 4) is 12.3 Å². The zero-order valence-electron chi connectivity index (χ0n) is 19.2. The first-order chi connectivity index (χ1) is 16.0. The predicted molar refractivity (Wildman–Crippen MR) is 132 cm³/mol. The van der Waals surface area contributed by atoms with E-state index in [0.717, 1.165) is 56.8 Å². The second-order valence-corrected chi connectivity index (χ2v) is 9.01. The van der Waals surface area contributed by atoms with Gasteiger partial charge in [0, 0.05) is 61.9 Å². The first-order valence-corrected chi connectivity index (χ1v) is 11.4. The van der Waals surface area contributed by atoms with E-state index >= 15 is 0 Å². The molecule has 5 rings (SSSR count). The minimum absolute atomic E-state index is 0.0717. The Morgan fingerprint density at radius 1 is 1.06 bits per heavy atom. The molecule has 1 atom stereocenters. The summed E-state index contributed by atoms with van der Waals surface area (Å²) < 4.78 is 1.78. The van der Waals surface area contributed by atoms with Gasteiger partial charge in [0.1, 0.15) is 5.65 Å². The largest absolute Gasteiger partial charge is 0.369 e. The molecule has 0 bridgehead atoms. The molecule has 170 valence electrons. The van der Waals surface area contributed by atoms with Crippen LogP contribution < -0.4 is 15.8 Å². The van der Waals surface area contributed by atoms with Gasteiger partial charge in [0.15, 0.2) is 0 Å². The van der Waals surface area contributed by atoms with Crippen molar-refractivity contribution in [1.29, 1.82) is 0 Å². The second kappa shape index (κ2) is 8.85. The summed E-state index contributed by atoms with van der Waals surface area (Å²) in [6.07, 6.45) is 8.29. The number of nitrogens with one attached hydrogen (secondary N) is 1. The van der Waals surface area contributed by atoms with E-state index in [2.05, 4.69) is 57.1 Å². The van der Waals surface area contributed by atoms with Crippen molar-refractivity contribution in [3.05, 3.63) is 52.4 Å². The lowest BCUT2D eigenvalue weighted by Gasteiger charge is -2.34. The third kappa shape index (κ3) is 4.30. The lowest BCUT2D eigenvalue weighted by atomic mass is 10.1. The highest BCUT2D eigenvalue weighted by molar-refractivity contribution is 5.82. The van der Waals surface area contributed by atoms with Gasteiger partial charge in [-0.2, -0.15) is 4.98 Å². The molecular formula is C25H29N7O. The summed E-state index contributed by atoms with van der Waals surface area (Å²) in [5.74, 6) is 3.06. The zero-order chi connectivity index (χ0) is 22.9. The molecule has 0 amide bonds. The summed E-state index contributed by atoms with van der Waals surface area (Å²) in [6.45, 7) is 5.97. The van der Waals surface area contributed by atoms with Crippen molar-refractivity contribution in [3.63, 3.8) is 0 Å². The average molecular weight is 444 g/mol. The SMILES string of the molecule is C#Cc1cc(=O)n(C2CCN(C)C2)c2nc(Nc3ccc(N4CCN(C)CC4)cc3)ncc12. The highest BCUT2D eigenvalue weighted by Crippen LogP contribution is 2.26. The van der Waals surface area contributed by atoms with Crippen molar-refractivity contribution in [1.82, 2.24) is 24.3 Å². The van der Waals surface area contributed by atoms with Crippen LogP contribution in [-0.2, 0) is 0 Å². The first-order valence-electron chi connectivity index (χ1n) is 11.4. The van der Waals surface area contributed by atoms with Gasteiger partial charge in [0.05, 0.1) is 11.4 Å². The Labute approximate surface area is 193 Å². The predicted octanol–water partition coefficient (Wildman–Crippen LogP) is 2.14. The normalized spacial score (nSPS) is 19.7. The molecule has 33 heavy (non-hydrogen) atoms. The highest BCUT2D eigenvalue weighted by atomic mass is 16.1. The number of piperazine rings is 1. The van der Waals surface area contributed by atoms with Crippen LogP contribution in [0.3, 0.4) is 0 Å². The lowest BCUT2D eigenvalue weighted by Crippen LogP contribution is -2.44. The monoisotopic (exact) mass is 443 g/mol. The molecule has 2 aliphatic rings. The number of aromatic nitrogens is 3. The molecule has 8 heteroatoms. The Morgan fingerprint density at radius 2 is 1.82 bits per heavy atom.